The fourth-order valence-corrected chi connectivity index (χ4v) is 5.58. The Hall–Kier alpha value is -3.04. The molecule has 1 aromatic carbocycles. The molecule has 0 radical (unpaired) electrons. The zero-order valence-corrected chi connectivity index (χ0v) is 19.5. The van der Waals surface area contributed by atoms with Crippen LogP contribution >= 0.6 is 22.7 Å². The van der Waals surface area contributed by atoms with E-state index in [0.29, 0.717) is 55.2 Å². The summed E-state index contributed by atoms with van der Waals surface area (Å²) >= 11 is 3.01. The maximum Gasteiger partial charge on any atom is 0.273 e. The Bertz CT molecular complexity index is 1310. The van der Waals surface area contributed by atoms with Gasteiger partial charge in [-0.1, -0.05) is 18.2 Å². The Labute approximate surface area is 198 Å². The van der Waals surface area contributed by atoms with Gasteiger partial charge in [0.05, 0.1) is 18.6 Å². The molecule has 0 unspecified atom stereocenters. The van der Waals surface area contributed by atoms with Gasteiger partial charge in [0.15, 0.2) is 0 Å². The third kappa shape index (κ3) is 4.69. The minimum absolute atomic E-state index is 0.0524. The van der Waals surface area contributed by atoms with Crippen LogP contribution in [0.15, 0.2) is 58.0 Å². The number of piperidine rings is 1. The topological polar surface area (TPSA) is 67.2 Å². The van der Waals surface area contributed by atoms with Crippen molar-refractivity contribution in [1.29, 1.82) is 0 Å². The molecule has 9 heteroatoms. The Morgan fingerprint density at radius 2 is 1.88 bits per heavy atom. The van der Waals surface area contributed by atoms with Gasteiger partial charge in [0.1, 0.15) is 10.5 Å². The molecule has 170 valence electrons. The highest BCUT2D eigenvalue weighted by molar-refractivity contribution is 7.17. The minimum Gasteiger partial charge on any atom is -0.351 e. The smallest absolute Gasteiger partial charge is 0.273 e. The van der Waals surface area contributed by atoms with E-state index in [1.54, 1.807) is 28.0 Å². The van der Waals surface area contributed by atoms with E-state index in [1.165, 1.54) is 23.5 Å². The van der Waals surface area contributed by atoms with Crippen molar-refractivity contribution in [2.24, 2.45) is 5.92 Å². The summed E-state index contributed by atoms with van der Waals surface area (Å²) in [6.07, 6.45) is 1.40. The van der Waals surface area contributed by atoms with Crippen molar-refractivity contribution in [3.05, 3.63) is 79.8 Å². The van der Waals surface area contributed by atoms with Gasteiger partial charge < -0.3 is 10.2 Å². The van der Waals surface area contributed by atoms with Crippen molar-refractivity contribution in [3.63, 3.8) is 0 Å². The number of nitrogens with one attached hydrogen (secondary N) is 1. The lowest BCUT2D eigenvalue weighted by Gasteiger charge is -2.33. The van der Waals surface area contributed by atoms with E-state index in [0.717, 1.165) is 10.4 Å². The Balaban J connectivity index is 1.34. The molecule has 3 aromatic heterocycles. The molecule has 1 aliphatic heterocycles. The highest BCUT2D eigenvalue weighted by Gasteiger charge is 2.27. The van der Waals surface area contributed by atoms with Crippen LogP contribution in [0.1, 0.15) is 23.3 Å². The predicted octanol–water partition coefficient (Wildman–Crippen LogP) is 4.24. The number of thiophene rings is 2. The first-order valence-electron chi connectivity index (χ1n) is 10.9. The number of fused-ring (bicyclic) bond motifs is 1. The number of benzene rings is 1. The largest absolute Gasteiger partial charge is 0.351 e. The first-order valence-corrected chi connectivity index (χ1v) is 12.6. The van der Waals surface area contributed by atoms with Gasteiger partial charge in [0.2, 0.25) is 11.9 Å². The molecule has 0 bridgehead atoms. The van der Waals surface area contributed by atoms with Gasteiger partial charge in [-0.25, -0.2) is 9.37 Å². The molecule has 0 aliphatic carbocycles. The second-order valence-corrected chi connectivity index (χ2v) is 10.1. The fraction of sp³-hybridized carbons (Fsp3) is 0.292. The van der Waals surface area contributed by atoms with Crippen LogP contribution in [0.2, 0.25) is 0 Å². The molecule has 1 amide bonds. The Morgan fingerprint density at radius 3 is 2.61 bits per heavy atom. The maximum atomic E-state index is 13.4. The highest BCUT2D eigenvalue weighted by atomic mass is 32.1. The van der Waals surface area contributed by atoms with Crippen molar-refractivity contribution in [2.75, 3.05) is 18.0 Å². The number of hydrogen-bond acceptors (Lipinski definition) is 6. The molecule has 4 aromatic rings. The molecule has 1 N–H and O–H groups in total. The van der Waals surface area contributed by atoms with Crippen LogP contribution in [0.4, 0.5) is 10.3 Å². The summed E-state index contributed by atoms with van der Waals surface area (Å²) in [5.74, 6) is 0.321. The number of rotatable bonds is 6. The summed E-state index contributed by atoms with van der Waals surface area (Å²) in [5.41, 5.74) is 1.43. The van der Waals surface area contributed by atoms with Gasteiger partial charge in [-0.3, -0.25) is 14.2 Å². The monoisotopic (exact) mass is 482 g/mol. The van der Waals surface area contributed by atoms with Crippen molar-refractivity contribution < 1.29 is 9.18 Å². The molecule has 5 rings (SSSR count). The summed E-state index contributed by atoms with van der Waals surface area (Å²) in [5, 5.41) is 6.91. The van der Waals surface area contributed by atoms with E-state index in [4.69, 9.17) is 4.98 Å². The van der Waals surface area contributed by atoms with Crippen LogP contribution < -0.4 is 15.8 Å². The number of amides is 1. The van der Waals surface area contributed by atoms with Crippen molar-refractivity contribution in [3.8, 4) is 0 Å². The number of anilines is 1. The van der Waals surface area contributed by atoms with Gasteiger partial charge >= 0.3 is 0 Å². The summed E-state index contributed by atoms with van der Waals surface area (Å²) in [4.78, 5) is 33.9. The van der Waals surface area contributed by atoms with Crippen LogP contribution in [0.3, 0.4) is 0 Å². The maximum absolute atomic E-state index is 13.4. The number of carbonyl (C=O) groups is 1. The van der Waals surface area contributed by atoms with Gasteiger partial charge in [-0.2, -0.15) is 0 Å². The minimum atomic E-state index is -0.308. The molecule has 1 saturated heterocycles. The molecule has 4 heterocycles. The summed E-state index contributed by atoms with van der Waals surface area (Å²) in [7, 11) is 0. The summed E-state index contributed by atoms with van der Waals surface area (Å²) in [6, 6.07) is 12.0. The van der Waals surface area contributed by atoms with E-state index in [2.05, 4.69) is 10.2 Å². The van der Waals surface area contributed by atoms with Crippen LogP contribution in [0.25, 0.3) is 10.2 Å². The standard InChI is InChI=1S/C24H23FN4O2S2/c25-18-5-3-16(4-6-18)15-29-23(31)21-20(9-13-33-21)27-24(29)28-10-7-17(8-11-28)22(30)26-14-19-2-1-12-32-19/h1-6,9,12-13,17H,7-8,10-11,14-15H2,(H,26,30). The van der Waals surface area contributed by atoms with E-state index < -0.39 is 0 Å². The molecular formula is C24H23FN4O2S2. The molecule has 0 atom stereocenters. The Kier molecular flexibility index (Phi) is 6.24. The number of carbonyl (C=O) groups excluding carboxylic acids is 1. The molecule has 6 nitrogen and oxygen atoms in total. The normalized spacial score (nSPS) is 14.6. The van der Waals surface area contributed by atoms with Gasteiger partial charge in [-0.05, 0) is 53.4 Å². The van der Waals surface area contributed by atoms with E-state index >= 15 is 0 Å². The first-order chi connectivity index (χ1) is 16.1. The summed E-state index contributed by atoms with van der Waals surface area (Å²) in [6.45, 7) is 2.16. The van der Waals surface area contributed by atoms with Crippen LogP contribution in [0.5, 0.6) is 0 Å². The van der Waals surface area contributed by atoms with Crippen molar-refractivity contribution in [1.82, 2.24) is 14.9 Å². The SMILES string of the molecule is O=C(NCc1cccs1)C1CCN(c2nc3ccsc3c(=O)n2Cc2ccc(F)cc2)CC1. The average Bonchev–Trinajstić information content (AvgIpc) is 3.53. The zero-order chi connectivity index (χ0) is 22.8. The number of halogens is 1. The lowest BCUT2D eigenvalue weighted by molar-refractivity contribution is -0.125. The zero-order valence-electron chi connectivity index (χ0n) is 17.9. The molecular weight excluding hydrogens is 459 g/mol. The molecule has 0 spiro atoms. The predicted molar refractivity (Wildman–Crippen MR) is 130 cm³/mol. The first kappa shape index (κ1) is 21.8. The molecule has 1 fully saturated rings. The van der Waals surface area contributed by atoms with Crippen molar-refractivity contribution >= 4 is 44.7 Å². The second-order valence-electron chi connectivity index (χ2n) is 8.12. The molecule has 1 aliphatic rings. The van der Waals surface area contributed by atoms with Gasteiger partial charge in [0, 0.05) is 23.9 Å². The lowest BCUT2D eigenvalue weighted by atomic mass is 9.96. The Morgan fingerprint density at radius 1 is 1.09 bits per heavy atom. The lowest BCUT2D eigenvalue weighted by Crippen LogP contribution is -2.42. The number of aromatic nitrogens is 2. The summed E-state index contributed by atoms with van der Waals surface area (Å²) < 4.78 is 15.6. The fourth-order valence-electron chi connectivity index (χ4n) is 4.16. The van der Waals surface area contributed by atoms with E-state index in [-0.39, 0.29) is 23.2 Å². The second kappa shape index (κ2) is 9.44. The van der Waals surface area contributed by atoms with Gasteiger partial charge in [0.25, 0.3) is 5.56 Å². The third-order valence-electron chi connectivity index (χ3n) is 5.97. The van der Waals surface area contributed by atoms with Crippen LogP contribution in [0, 0.1) is 11.7 Å². The third-order valence-corrected chi connectivity index (χ3v) is 7.73. The van der Waals surface area contributed by atoms with Gasteiger partial charge in [-0.15, -0.1) is 22.7 Å². The van der Waals surface area contributed by atoms with Crippen LogP contribution in [-0.4, -0.2) is 28.5 Å². The van der Waals surface area contributed by atoms with Crippen molar-refractivity contribution in [2.45, 2.75) is 25.9 Å². The number of hydrogen-bond donors (Lipinski definition) is 1. The van der Waals surface area contributed by atoms with Crippen LogP contribution in [-0.2, 0) is 17.9 Å². The number of nitrogens with zero attached hydrogens (tertiary/aromatic N) is 3. The highest BCUT2D eigenvalue weighted by Crippen LogP contribution is 2.25. The van der Waals surface area contributed by atoms with E-state index in [1.807, 2.05) is 29.0 Å². The average molecular weight is 483 g/mol. The molecule has 0 saturated carbocycles. The van der Waals surface area contributed by atoms with E-state index in [9.17, 15) is 14.0 Å². The quantitative estimate of drug-likeness (QED) is 0.446. The molecule has 33 heavy (non-hydrogen) atoms.